The van der Waals surface area contributed by atoms with Gasteiger partial charge in [-0.1, -0.05) is 19.1 Å². The van der Waals surface area contributed by atoms with Crippen molar-refractivity contribution < 1.29 is 23.1 Å². The normalized spacial score (nSPS) is 11.9. The first-order valence-electron chi connectivity index (χ1n) is 7.50. The summed E-state index contributed by atoms with van der Waals surface area (Å²) in [5.41, 5.74) is 0.0538. The van der Waals surface area contributed by atoms with E-state index in [9.17, 15) is 18.0 Å². The molecule has 1 aromatic heterocycles. The quantitative estimate of drug-likeness (QED) is 0.779. The average Bonchev–Trinajstić information content (AvgIpc) is 2.94. The Labute approximate surface area is 142 Å². The van der Waals surface area contributed by atoms with Crippen LogP contribution in [-0.4, -0.2) is 29.1 Å². The van der Waals surface area contributed by atoms with Crippen molar-refractivity contribution in [1.29, 1.82) is 0 Å². The lowest BCUT2D eigenvalue weighted by atomic mass is 10.1. The van der Waals surface area contributed by atoms with Gasteiger partial charge < -0.3 is 5.11 Å². The number of aliphatic carboxylic acids is 1. The molecule has 24 heavy (non-hydrogen) atoms. The highest BCUT2D eigenvalue weighted by atomic mass is 32.1. The SMILES string of the molecule is CCCN(CC(=O)O)Cc1ccc(-c2ccc(C(F)(F)F)cc2)s1. The molecule has 130 valence electrons. The summed E-state index contributed by atoms with van der Waals surface area (Å²) in [6, 6.07) is 8.81. The third-order valence-corrected chi connectivity index (χ3v) is 4.56. The average molecular weight is 357 g/mol. The van der Waals surface area contributed by atoms with Crippen molar-refractivity contribution in [3.05, 3.63) is 46.8 Å². The van der Waals surface area contributed by atoms with Gasteiger partial charge in [-0.25, -0.2) is 0 Å². The van der Waals surface area contributed by atoms with E-state index in [1.807, 2.05) is 24.0 Å². The van der Waals surface area contributed by atoms with Crippen LogP contribution in [0.5, 0.6) is 0 Å². The predicted molar refractivity (Wildman–Crippen MR) is 88.0 cm³/mol. The fraction of sp³-hybridized carbons (Fsp3) is 0.353. The number of hydrogen-bond acceptors (Lipinski definition) is 3. The summed E-state index contributed by atoms with van der Waals surface area (Å²) < 4.78 is 37.8. The highest BCUT2D eigenvalue weighted by Gasteiger charge is 2.30. The first-order valence-corrected chi connectivity index (χ1v) is 8.31. The number of alkyl halides is 3. The Kier molecular flexibility index (Phi) is 6.01. The molecule has 1 heterocycles. The van der Waals surface area contributed by atoms with Gasteiger partial charge in [-0.05, 0) is 42.8 Å². The second-order valence-corrected chi connectivity index (χ2v) is 6.61. The van der Waals surface area contributed by atoms with Gasteiger partial charge in [0, 0.05) is 16.3 Å². The number of carbonyl (C=O) groups is 1. The lowest BCUT2D eigenvalue weighted by Gasteiger charge is -2.18. The van der Waals surface area contributed by atoms with E-state index in [0.29, 0.717) is 13.1 Å². The highest BCUT2D eigenvalue weighted by Crippen LogP contribution is 2.33. The van der Waals surface area contributed by atoms with Crippen molar-refractivity contribution in [3.8, 4) is 10.4 Å². The van der Waals surface area contributed by atoms with Crippen LogP contribution in [0.1, 0.15) is 23.8 Å². The molecule has 0 amide bonds. The number of rotatable bonds is 7. The molecule has 1 aromatic carbocycles. The zero-order valence-electron chi connectivity index (χ0n) is 13.1. The Morgan fingerprint density at radius 1 is 1.17 bits per heavy atom. The van der Waals surface area contributed by atoms with E-state index >= 15 is 0 Å². The minimum absolute atomic E-state index is 0.0264. The maximum absolute atomic E-state index is 12.6. The van der Waals surface area contributed by atoms with E-state index < -0.39 is 17.7 Å². The molecule has 0 spiro atoms. The molecule has 3 nitrogen and oxygen atoms in total. The second kappa shape index (κ2) is 7.81. The number of carboxylic acids is 1. The smallest absolute Gasteiger partial charge is 0.416 e. The van der Waals surface area contributed by atoms with Crippen LogP contribution in [0.25, 0.3) is 10.4 Å². The molecule has 0 saturated heterocycles. The molecule has 0 fully saturated rings. The lowest BCUT2D eigenvalue weighted by molar-refractivity contribution is -0.139. The molecule has 1 N–H and O–H groups in total. The van der Waals surface area contributed by atoms with Gasteiger partial charge in [0.15, 0.2) is 0 Å². The van der Waals surface area contributed by atoms with Crippen LogP contribution < -0.4 is 0 Å². The van der Waals surface area contributed by atoms with Crippen LogP contribution in [0.3, 0.4) is 0 Å². The second-order valence-electron chi connectivity index (χ2n) is 5.45. The van der Waals surface area contributed by atoms with Crippen molar-refractivity contribution in [3.63, 3.8) is 0 Å². The van der Waals surface area contributed by atoms with Crippen molar-refractivity contribution in [2.45, 2.75) is 26.1 Å². The minimum Gasteiger partial charge on any atom is -0.480 e. The fourth-order valence-electron chi connectivity index (χ4n) is 2.38. The molecular weight excluding hydrogens is 339 g/mol. The van der Waals surface area contributed by atoms with Gasteiger partial charge in [-0.15, -0.1) is 11.3 Å². The van der Waals surface area contributed by atoms with Crippen LogP contribution in [-0.2, 0) is 17.5 Å². The summed E-state index contributed by atoms with van der Waals surface area (Å²) in [6.07, 6.45) is -3.49. The third kappa shape index (κ3) is 5.07. The zero-order chi connectivity index (χ0) is 17.7. The first kappa shape index (κ1) is 18.5. The van der Waals surface area contributed by atoms with Crippen LogP contribution >= 0.6 is 11.3 Å². The van der Waals surface area contributed by atoms with Gasteiger partial charge in [0.25, 0.3) is 0 Å². The van der Waals surface area contributed by atoms with Crippen molar-refractivity contribution in [1.82, 2.24) is 4.90 Å². The Balaban J connectivity index is 2.10. The summed E-state index contributed by atoms with van der Waals surface area (Å²) in [4.78, 5) is 14.6. The highest BCUT2D eigenvalue weighted by molar-refractivity contribution is 7.15. The zero-order valence-corrected chi connectivity index (χ0v) is 14.0. The molecule has 7 heteroatoms. The molecule has 0 aliphatic rings. The largest absolute Gasteiger partial charge is 0.480 e. The predicted octanol–water partition coefficient (Wildman–Crippen LogP) is 4.73. The molecule has 2 aromatic rings. The lowest BCUT2D eigenvalue weighted by Crippen LogP contribution is -2.29. The molecular formula is C17H18F3NO2S. The monoisotopic (exact) mass is 357 g/mol. The van der Waals surface area contributed by atoms with E-state index in [4.69, 9.17) is 5.11 Å². The van der Waals surface area contributed by atoms with Gasteiger partial charge in [-0.2, -0.15) is 13.2 Å². The van der Waals surface area contributed by atoms with E-state index in [2.05, 4.69) is 0 Å². The van der Waals surface area contributed by atoms with E-state index in [0.717, 1.165) is 33.9 Å². The van der Waals surface area contributed by atoms with Gasteiger partial charge in [0.2, 0.25) is 0 Å². The van der Waals surface area contributed by atoms with Gasteiger partial charge in [-0.3, -0.25) is 9.69 Å². The standard InChI is InChI=1S/C17H18F3NO2S/c1-2-9-21(11-16(22)23)10-14-7-8-15(24-14)12-3-5-13(6-4-12)17(18,19)20/h3-8H,2,9-11H2,1H3,(H,22,23). The van der Waals surface area contributed by atoms with Crippen LogP contribution in [0.4, 0.5) is 13.2 Å². The molecule has 0 atom stereocenters. The first-order chi connectivity index (χ1) is 11.3. The van der Waals surface area contributed by atoms with Crippen LogP contribution in [0.15, 0.2) is 36.4 Å². The van der Waals surface area contributed by atoms with Crippen molar-refractivity contribution in [2.75, 3.05) is 13.1 Å². The van der Waals surface area contributed by atoms with Crippen molar-refractivity contribution in [2.24, 2.45) is 0 Å². The number of carboxylic acid groups (broad SMARTS) is 1. The molecule has 0 radical (unpaired) electrons. The topological polar surface area (TPSA) is 40.5 Å². The molecule has 2 rings (SSSR count). The van der Waals surface area contributed by atoms with Gasteiger partial charge >= 0.3 is 12.1 Å². The third-order valence-electron chi connectivity index (χ3n) is 3.44. The summed E-state index contributed by atoms with van der Waals surface area (Å²) in [5.74, 6) is -0.872. The molecule has 0 bridgehead atoms. The maximum atomic E-state index is 12.6. The maximum Gasteiger partial charge on any atom is 0.416 e. The van der Waals surface area contributed by atoms with Crippen LogP contribution in [0.2, 0.25) is 0 Å². The van der Waals surface area contributed by atoms with E-state index in [1.165, 1.54) is 23.5 Å². The summed E-state index contributed by atoms with van der Waals surface area (Å²) in [7, 11) is 0. The van der Waals surface area contributed by atoms with Crippen LogP contribution in [0, 0.1) is 0 Å². The Morgan fingerprint density at radius 3 is 2.38 bits per heavy atom. The number of benzene rings is 1. The molecule has 0 aliphatic carbocycles. The molecule has 0 saturated carbocycles. The number of halogens is 3. The van der Waals surface area contributed by atoms with E-state index in [1.54, 1.807) is 0 Å². The number of nitrogens with zero attached hydrogens (tertiary/aromatic N) is 1. The Morgan fingerprint density at radius 2 is 1.83 bits per heavy atom. The molecule has 0 aliphatic heterocycles. The Hall–Kier alpha value is -1.86. The Bertz CT molecular complexity index is 680. The summed E-state index contributed by atoms with van der Waals surface area (Å²) in [6.45, 7) is 3.16. The summed E-state index contributed by atoms with van der Waals surface area (Å²) >= 11 is 1.46. The summed E-state index contributed by atoms with van der Waals surface area (Å²) in [5, 5.41) is 8.93. The fourth-order valence-corrected chi connectivity index (χ4v) is 3.44. The minimum atomic E-state index is -4.34. The van der Waals surface area contributed by atoms with E-state index in [-0.39, 0.29) is 6.54 Å². The number of hydrogen-bond donors (Lipinski definition) is 1. The van der Waals surface area contributed by atoms with Gasteiger partial charge in [0.05, 0.1) is 12.1 Å². The van der Waals surface area contributed by atoms with Gasteiger partial charge in [0.1, 0.15) is 0 Å². The molecule has 0 unspecified atom stereocenters. The van der Waals surface area contributed by atoms with Crippen molar-refractivity contribution >= 4 is 17.3 Å². The number of thiophene rings is 1.